The standard InChI is InChI=1S/C40H71N2O6P/c1-6-8-10-12-14-16-17-18-19-20-21-22-23-24-25-26-28-30-32-34-40(44)41-38(37-48-49(45,46)47-36-35-42(3,4)5)39(43)33-31-29-27-15-13-11-9-7-2/h8,10,14,16,18-19,21-22,24-25,31,33,38-39,43H,6-7,9,11-13,15,17,20,23,26-30,32,34-37H2,1-5H3,(H-,41,44,45,46)/p+1/b10-8-,16-14-,19-18-,22-21-,25-24-,33-31+. The van der Waals surface area contributed by atoms with Crippen molar-refractivity contribution < 1.29 is 32.9 Å². The highest BCUT2D eigenvalue weighted by Crippen LogP contribution is 2.43. The van der Waals surface area contributed by atoms with Crippen molar-refractivity contribution in [3.05, 3.63) is 72.9 Å². The molecule has 0 saturated heterocycles. The Morgan fingerprint density at radius 2 is 1.22 bits per heavy atom. The molecule has 282 valence electrons. The second kappa shape index (κ2) is 31.9. The first-order valence-corrected chi connectivity index (χ1v) is 20.3. The summed E-state index contributed by atoms with van der Waals surface area (Å²) < 4.78 is 23.3. The Kier molecular flexibility index (Phi) is 30.5. The number of likely N-dealkylation sites (N-methyl/N-ethyl adjacent to an activating group) is 1. The van der Waals surface area contributed by atoms with E-state index in [0.717, 1.165) is 77.0 Å². The van der Waals surface area contributed by atoms with Gasteiger partial charge in [0.1, 0.15) is 13.2 Å². The van der Waals surface area contributed by atoms with E-state index in [1.807, 2.05) is 27.2 Å². The number of phosphoric ester groups is 1. The van der Waals surface area contributed by atoms with Crippen LogP contribution in [-0.4, -0.2) is 73.4 Å². The molecule has 9 heteroatoms. The van der Waals surface area contributed by atoms with Crippen LogP contribution in [0.2, 0.25) is 0 Å². The van der Waals surface area contributed by atoms with Crippen molar-refractivity contribution in [2.75, 3.05) is 40.9 Å². The average molecular weight is 708 g/mol. The van der Waals surface area contributed by atoms with E-state index in [9.17, 15) is 19.4 Å². The van der Waals surface area contributed by atoms with Gasteiger partial charge in [-0.1, -0.05) is 125 Å². The quantitative estimate of drug-likeness (QED) is 0.0278. The zero-order valence-electron chi connectivity index (χ0n) is 31.6. The van der Waals surface area contributed by atoms with Crippen LogP contribution in [0.5, 0.6) is 0 Å². The van der Waals surface area contributed by atoms with Crippen molar-refractivity contribution >= 4 is 13.7 Å². The van der Waals surface area contributed by atoms with Gasteiger partial charge in [-0.25, -0.2) is 4.57 Å². The number of phosphoric acid groups is 1. The van der Waals surface area contributed by atoms with Crippen molar-refractivity contribution in [2.24, 2.45) is 0 Å². The molecule has 0 aromatic rings. The first-order valence-electron chi connectivity index (χ1n) is 18.8. The van der Waals surface area contributed by atoms with E-state index in [2.05, 4.69) is 79.9 Å². The summed E-state index contributed by atoms with van der Waals surface area (Å²) in [6, 6.07) is -0.864. The van der Waals surface area contributed by atoms with E-state index in [-0.39, 0.29) is 19.1 Å². The van der Waals surface area contributed by atoms with E-state index >= 15 is 0 Å². The Morgan fingerprint density at radius 3 is 1.80 bits per heavy atom. The van der Waals surface area contributed by atoms with Crippen LogP contribution >= 0.6 is 7.82 Å². The number of hydrogen-bond acceptors (Lipinski definition) is 5. The topological polar surface area (TPSA) is 105 Å². The molecule has 0 fully saturated rings. The van der Waals surface area contributed by atoms with Crippen LogP contribution in [0.1, 0.15) is 123 Å². The smallest absolute Gasteiger partial charge is 0.387 e. The number of carbonyl (C=O) groups is 1. The Labute approximate surface area is 300 Å². The number of quaternary nitrogens is 1. The van der Waals surface area contributed by atoms with Crippen molar-refractivity contribution in [1.29, 1.82) is 0 Å². The summed E-state index contributed by atoms with van der Waals surface area (Å²) in [7, 11) is 1.53. The molecule has 0 aromatic carbocycles. The van der Waals surface area contributed by atoms with Gasteiger partial charge in [-0.3, -0.25) is 13.8 Å². The van der Waals surface area contributed by atoms with E-state index in [0.29, 0.717) is 17.4 Å². The van der Waals surface area contributed by atoms with Crippen molar-refractivity contribution in [1.82, 2.24) is 5.32 Å². The van der Waals surface area contributed by atoms with Gasteiger partial charge in [-0.2, -0.15) is 0 Å². The number of aliphatic hydroxyl groups is 1. The van der Waals surface area contributed by atoms with E-state index in [4.69, 9.17) is 9.05 Å². The Balaban J connectivity index is 4.52. The molecule has 0 aliphatic carbocycles. The molecule has 0 spiro atoms. The second-order valence-corrected chi connectivity index (χ2v) is 15.0. The molecule has 3 unspecified atom stereocenters. The van der Waals surface area contributed by atoms with Crippen LogP contribution in [0.4, 0.5) is 0 Å². The molecule has 49 heavy (non-hydrogen) atoms. The van der Waals surface area contributed by atoms with Gasteiger partial charge < -0.3 is 19.8 Å². The molecule has 0 saturated carbocycles. The molecule has 0 heterocycles. The fraction of sp³-hybridized carbons (Fsp3) is 0.675. The van der Waals surface area contributed by atoms with Crippen LogP contribution in [0, 0.1) is 0 Å². The summed E-state index contributed by atoms with van der Waals surface area (Å²) in [5, 5.41) is 13.6. The summed E-state index contributed by atoms with van der Waals surface area (Å²) in [5.74, 6) is -0.217. The molecule has 1 amide bonds. The first-order chi connectivity index (χ1) is 23.5. The van der Waals surface area contributed by atoms with Gasteiger partial charge in [0, 0.05) is 6.42 Å². The first kappa shape index (κ1) is 46.9. The minimum atomic E-state index is -4.34. The molecular weight excluding hydrogens is 635 g/mol. The molecule has 8 nitrogen and oxygen atoms in total. The number of hydrogen-bond donors (Lipinski definition) is 3. The lowest BCUT2D eigenvalue weighted by atomic mass is 10.1. The Hall–Kier alpha value is -2.06. The zero-order valence-corrected chi connectivity index (χ0v) is 32.5. The fourth-order valence-corrected chi connectivity index (χ4v) is 5.39. The third kappa shape index (κ3) is 34.2. The maximum atomic E-state index is 12.7. The van der Waals surface area contributed by atoms with Crippen LogP contribution in [-0.2, 0) is 18.4 Å². The Bertz CT molecular complexity index is 1030. The van der Waals surface area contributed by atoms with E-state index < -0.39 is 20.0 Å². The van der Waals surface area contributed by atoms with Gasteiger partial charge in [0.05, 0.1) is 39.9 Å². The van der Waals surface area contributed by atoms with Gasteiger partial charge in [0.2, 0.25) is 5.91 Å². The molecule has 0 aliphatic heterocycles. The lowest BCUT2D eigenvalue weighted by Crippen LogP contribution is -2.45. The lowest BCUT2D eigenvalue weighted by molar-refractivity contribution is -0.870. The van der Waals surface area contributed by atoms with Crippen LogP contribution in [0.25, 0.3) is 0 Å². The largest absolute Gasteiger partial charge is 0.472 e. The number of unbranched alkanes of at least 4 members (excludes halogenated alkanes) is 9. The summed E-state index contributed by atoms with van der Waals surface area (Å²) in [5.41, 5.74) is 0. The molecule has 0 rings (SSSR count). The van der Waals surface area contributed by atoms with Crippen molar-refractivity contribution in [3.63, 3.8) is 0 Å². The van der Waals surface area contributed by atoms with Gasteiger partial charge in [-0.15, -0.1) is 0 Å². The summed E-state index contributed by atoms with van der Waals surface area (Å²) in [4.78, 5) is 22.9. The number of nitrogens with zero attached hydrogens (tertiary/aromatic N) is 1. The monoisotopic (exact) mass is 708 g/mol. The fourth-order valence-electron chi connectivity index (χ4n) is 4.65. The van der Waals surface area contributed by atoms with Gasteiger partial charge >= 0.3 is 7.82 Å². The number of allylic oxidation sites excluding steroid dienone is 11. The number of rotatable bonds is 32. The predicted molar refractivity (Wildman–Crippen MR) is 207 cm³/mol. The highest BCUT2D eigenvalue weighted by Gasteiger charge is 2.27. The number of amides is 1. The molecule has 0 aromatic heterocycles. The summed E-state index contributed by atoms with van der Waals surface area (Å²) in [6.45, 7) is 4.58. The molecule has 0 radical (unpaired) electrons. The van der Waals surface area contributed by atoms with Crippen LogP contribution < -0.4 is 5.32 Å². The second-order valence-electron chi connectivity index (χ2n) is 13.6. The third-order valence-corrected chi connectivity index (χ3v) is 8.67. The summed E-state index contributed by atoms with van der Waals surface area (Å²) >= 11 is 0. The number of carbonyl (C=O) groups excluding carboxylic acids is 1. The molecule has 0 bridgehead atoms. The normalized spacial score (nSPS) is 15.5. The molecular formula is C40H72N2O6P+. The van der Waals surface area contributed by atoms with Crippen LogP contribution in [0.3, 0.4) is 0 Å². The Morgan fingerprint density at radius 1 is 0.714 bits per heavy atom. The van der Waals surface area contributed by atoms with E-state index in [1.165, 1.54) is 25.7 Å². The maximum absolute atomic E-state index is 12.7. The van der Waals surface area contributed by atoms with Gasteiger partial charge in [0.25, 0.3) is 0 Å². The maximum Gasteiger partial charge on any atom is 0.472 e. The molecule has 3 N–H and O–H groups in total. The highest BCUT2D eigenvalue weighted by atomic mass is 31.2. The highest BCUT2D eigenvalue weighted by molar-refractivity contribution is 7.47. The minimum absolute atomic E-state index is 0.0502. The lowest BCUT2D eigenvalue weighted by Gasteiger charge is -2.25. The van der Waals surface area contributed by atoms with E-state index in [1.54, 1.807) is 6.08 Å². The van der Waals surface area contributed by atoms with Gasteiger partial charge in [-0.05, 0) is 64.2 Å². The minimum Gasteiger partial charge on any atom is -0.387 e. The van der Waals surface area contributed by atoms with Crippen molar-refractivity contribution in [3.8, 4) is 0 Å². The molecule has 0 aliphatic rings. The SMILES string of the molecule is CC/C=C\C/C=C\C/C=C\C/C=C\C/C=C\CCCCCC(=O)NC(COP(=O)(O)OCC[N+](C)(C)C)C(O)/C=C/CCCCCCCC. The van der Waals surface area contributed by atoms with Gasteiger partial charge in [0.15, 0.2) is 0 Å². The predicted octanol–water partition coefficient (Wildman–Crippen LogP) is 9.68. The zero-order chi connectivity index (χ0) is 36.5. The number of aliphatic hydroxyl groups excluding tert-OH is 1. The summed E-state index contributed by atoms with van der Waals surface area (Å²) in [6.07, 6.45) is 41.2. The van der Waals surface area contributed by atoms with Crippen LogP contribution in [0.15, 0.2) is 72.9 Å². The molecule has 3 atom stereocenters. The number of nitrogens with one attached hydrogen (secondary N) is 1. The average Bonchev–Trinajstić information content (AvgIpc) is 3.04. The van der Waals surface area contributed by atoms with Crippen molar-refractivity contribution in [2.45, 2.75) is 135 Å². The third-order valence-electron chi connectivity index (χ3n) is 7.68.